The number of nitrogens with zero attached hydrogens (tertiary/aromatic N) is 3. The summed E-state index contributed by atoms with van der Waals surface area (Å²) in [6, 6.07) is -0.702. The van der Waals surface area contributed by atoms with E-state index in [2.05, 4.69) is 20.7 Å². The minimum Gasteiger partial charge on any atom is -0.381 e. The number of hydrogen-bond donors (Lipinski definition) is 2. The van der Waals surface area contributed by atoms with E-state index < -0.39 is 18.1 Å². The van der Waals surface area contributed by atoms with Crippen molar-refractivity contribution in [2.75, 3.05) is 33.4 Å². The first-order chi connectivity index (χ1) is 16.7. The van der Waals surface area contributed by atoms with Crippen molar-refractivity contribution in [2.24, 2.45) is 11.8 Å². The van der Waals surface area contributed by atoms with E-state index in [1.54, 1.807) is 0 Å². The van der Waals surface area contributed by atoms with Gasteiger partial charge in [0, 0.05) is 57.3 Å². The molecule has 11 heteroatoms. The third-order valence-electron chi connectivity index (χ3n) is 9.09. The summed E-state index contributed by atoms with van der Waals surface area (Å²) >= 11 is 6.35. The molecule has 0 aromatic carbocycles. The monoisotopic (exact) mass is 521 g/mol. The van der Waals surface area contributed by atoms with Crippen molar-refractivity contribution in [3.63, 3.8) is 0 Å². The summed E-state index contributed by atoms with van der Waals surface area (Å²) in [5, 5.41) is 5.91. The lowest BCUT2D eigenvalue weighted by atomic mass is 9.78. The Morgan fingerprint density at radius 2 is 1.80 bits per heavy atom. The Morgan fingerprint density at radius 3 is 2.49 bits per heavy atom. The van der Waals surface area contributed by atoms with Gasteiger partial charge >= 0.3 is 6.18 Å². The number of alkyl halides is 4. The minimum absolute atomic E-state index is 0.0581. The van der Waals surface area contributed by atoms with Crippen LogP contribution in [-0.4, -0.2) is 96.1 Å². The number of fused-ring (bicyclic) bond motifs is 3. The lowest BCUT2D eigenvalue weighted by Gasteiger charge is -2.53. The third kappa shape index (κ3) is 5.34. The van der Waals surface area contributed by atoms with Crippen LogP contribution in [0.25, 0.3) is 0 Å². The number of nitrogens with one attached hydrogen (secondary N) is 2. The molecule has 4 heterocycles. The normalized spacial score (nSPS) is 38.5. The Bertz CT molecular complexity index is 747. The third-order valence-corrected chi connectivity index (χ3v) is 9.36. The Morgan fingerprint density at radius 1 is 1.09 bits per heavy atom. The van der Waals surface area contributed by atoms with Crippen LogP contribution in [0.15, 0.2) is 0 Å². The van der Waals surface area contributed by atoms with Crippen molar-refractivity contribution in [2.45, 2.75) is 99.8 Å². The predicted molar refractivity (Wildman–Crippen MR) is 126 cm³/mol. The molecule has 4 unspecified atom stereocenters. The van der Waals surface area contributed by atoms with Crippen LogP contribution in [0.1, 0.15) is 57.8 Å². The van der Waals surface area contributed by atoms with Gasteiger partial charge in [-0.1, -0.05) is 0 Å². The van der Waals surface area contributed by atoms with Gasteiger partial charge in [-0.3, -0.25) is 15.0 Å². The molecule has 1 aliphatic carbocycles. The Hall–Kier alpha value is -0.650. The fourth-order valence-corrected chi connectivity index (χ4v) is 7.68. The average molecular weight is 522 g/mol. The maximum Gasteiger partial charge on any atom is 0.409 e. The summed E-state index contributed by atoms with van der Waals surface area (Å²) in [6.45, 7) is 2.77. The molecule has 200 valence electrons. The van der Waals surface area contributed by atoms with Gasteiger partial charge in [0.25, 0.3) is 0 Å². The highest BCUT2D eigenvalue weighted by molar-refractivity contribution is 6.20. The number of ether oxygens (including phenoxy) is 1. The van der Waals surface area contributed by atoms with E-state index >= 15 is 0 Å². The molecule has 7 nitrogen and oxygen atoms in total. The second-order valence-electron chi connectivity index (χ2n) is 11.1. The highest BCUT2D eigenvalue weighted by atomic mass is 35.5. The first-order valence-electron chi connectivity index (χ1n) is 13.3. The van der Waals surface area contributed by atoms with Gasteiger partial charge in [0.1, 0.15) is 6.04 Å². The van der Waals surface area contributed by atoms with Crippen LogP contribution >= 0.6 is 11.6 Å². The second-order valence-corrected chi connectivity index (χ2v) is 11.6. The molecule has 0 aromatic rings. The summed E-state index contributed by atoms with van der Waals surface area (Å²) in [5.74, 6) is -1.29. The van der Waals surface area contributed by atoms with Crippen LogP contribution in [0.3, 0.4) is 0 Å². The number of hydrogen-bond acceptors (Lipinski definition) is 6. The SMILES string of the molecule is CN(C(=O)C1CCOCC1)[C@@H](C1CCC(N2CCCC3C2CNC2CC(Cl)NN23)CC1)C(F)(F)F. The summed E-state index contributed by atoms with van der Waals surface area (Å²) in [5.41, 5.74) is 3.35. The molecule has 5 rings (SSSR count). The van der Waals surface area contributed by atoms with Gasteiger partial charge < -0.3 is 9.64 Å². The zero-order chi connectivity index (χ0) is 24.7. The van der Waals surface area contributed by atoms with E-state index in [0.717, 1.165) is 50.1 Å². The smallest absolute Gasteiger partial charge is 0.381 e. The van der Waals surface area contributed by atoms with E-state index in [-0.39, 0.29) is 29.5 Å². The van der Waals surface area contributed by atoms with Gasteiger partial charge in [-0.25, -0.2) is 10.4 Å². The van der Waals surface area contributed by atoms with Crippen molar-refractivity contribution in [3.8, 4) is 0 Å². The van der Waals surface area contributed by atoms with Gasteiger partial charge in [-0.05, 0) is 63.8 Å². The fourth-order valence-electron chi connectivity index (χ4n) is 7.39. The predicted octanol–water partition coefficient (Wildman–Crippen LogP) is 2.90. The van der Waals surface area contributed by atoms with Crippen LogP contribution in [0.5, 0.6) is 0 Å². The lowest BCUT2D eigenvalue weighted by Crippen LogP contribution is -2.70. The van der Waals surface area contributed by atoms with E-state index in [4.69, 9.17) is 16.3 Å². The molecule has 4 aliphatic heterocycles. The lowest BCUT2D eigenvalue weighted by molar-refractivity contribution is -0.203. The molecule has 1 saturated carbocycles. The molecule has 0 spiro atoms. The van der Waals surface area contributed by atoms with E-state index in [9.17, 15) is 18.0 Å². The molecule has 0 aromatic heterocycles. The van der Waals surface area contributed by atoms with Gasteiger partial charge in [0.05, 0.1) is 11.7 Å². The van der Waals surface area contributed by atoms with Gasteiger partial charge in [-0.15, -0.1) is 11.6 Å². The molecule has 1 amide bonds. The van der Waals surface area contributed by atoms with Crippen LogP contribution in [0.2, 0.25) is 0 Å². The number of rotatable bonds is 4. The van der Waals surface area contributed by atoms with E-state index in [0.29, 0.717) is 51.0 Å². The van der Waals surface area contributed by atoms with E-state index in [1.807, 2.05) is 0 Å². The van der Waals surface area contributed by atoms with Crippen LogP contribution < -0.4 is 10.7 Å². The molecule has 0 bridgehead atoms. The number of carbonyl (C=O) groups is 1. The second kappa shape index (κ2) is 10.6. The van der Waals surface area contributed by atoms with Gasteiger partial charge in [0.2, 0.25) is 5.91 Å². The van der Waals surface area contributed by atoms with Crippen molar-refractivity contribution in [1.29, 1.82) is 0 Å². The average Bonchev–Trinajstić information content (AvgIpc) is 3.24. The summed E-state index contributed by atoms with van der Waals surface area (Å²) in [7, 11) is 1.36. The standard InChI is InChI=1S/C24H39ClF3N5O2/c1-31(23(34)16-8-11-35-12-9-16)22(24(26,27)28)15-4-6-17(7-5-15)32-10-2-3-18-19(32)14-29-21-13-20(25)30-33(18)21/h15-22,29-30H,2-14H2,1H3/t15?,17?,18?,19?,20?,21?,22-/m0/s1. The molecule has 5 atom stereocenters. The van der Waals surface area contributed by atoms with Crippen molar-refractivity contribution in [3.05, 3.63) is 0 Å². The van der Waals surface area contributed by atoms with Gasteiger partial charge in [0.15, 0.2) is 0 Å². The molecule has 2 N–H and O–H groups in total. The topological polar surface area (TPSA) is 60.1 Å². The Balaban J connectivity index is 1.22. The van der Waals surface area contributed by atoms with Crippen molar-refractivity contribution < 1.29 is 22.7 Å². The summed E-state index contributed by atoms with van der Waals surface area (Å²) in [6.07, 6.45) is 2.39. The van der Waals surface area contributed by atoms with Crippen LogP contribution in [-0.2, 0) is 9.53 Å². The zero-order valence-corrected chi connectivity index (χ0v) is 21.2. The number of likely N-dealkylation sites (tertiary alicyclic amines) is 1. The maximum atomic E-state index is 14.3. The Kier molecular flexibility index (Phi) is 7.88. The number of hydrazine groups is 1. The molecule has 5 aliphatic rings. The van der Waals surface area contributed by atoms with Crippen LogP contribution in [0, 0.1) is 11.8 Å². The molecular formula is C24H39ClF3N5O2. The first-order valence-corrected chi connectivity index (χ1v) is 13.8. The molecule has 5 fully saturated rings. The summed E-state index contributed by atoms with van der Waals surface area (Å²) in [4.78, 5) is 16.5. The number of carbonyl (C=O) groups excluding carboxylic acids is 1. The number of halogens is 4. The van der Waals surface area contributed by atoms with Crippen molar-refractivity contribution in [1.82, 2.24) is 25.6 Å². The zero-order valence-electron chi connectivity index (χ0n) is 20.5. The molecular weight excluding hydrogens is 483 g/mol. The highest BCUT2D eigenvalue weighted by Gasteiger charge is 2.52. The number of amides is 1. The van der Waals surface area contributed by atoms with Crippen molar-refractivity contribution >= 4 is 17.5 Å². The van der Waals surface area contributed by atoms with Gasteiger partial charge in [-0.2, -0.15) is 13.2 Å². The van der Waals surface area contributed by atoms with Crippen LogP contribution in [0.4, 0.5) is 13.2 Å². The van der Waals surface area contributed by atoms with E-state index in [1.165, 1.54) is 7.05 Å². The largest absolute Gasteiger partial charge is 0.409 e. The minimum atomic E-state index is -4.43. The maximum absolute atomic E-state index is 14.3. The quantitative estimate of drug-likeness (QED) is 0.438. The number of piperidine rings is 1. The molecule has 4 saturated heterocycles. The fraction of sp³-hybridized carbons (Fsp3) is 0.958. The molecule has 35 heavy (non-hydrogen) atoms. The first kappa shape index (κ1) is 26.0. The summed E-state index contributed by atoms with van der Waals surface area (Å²) < 4.78 is 48.0. The molecule has 0 radical (unpaired) electrons. The highest BCUT2D eigenvalue weighted by Crippen LogP contribution is 2.41. The Labute approximate surface area is 211 Å².